The van der Waals surface area contributed by atoms with E-state index in [-0.39, 0.29) is 12.6 Å². The molecule has 4 heterocycles. The maximum atomic E-state index is 14.1. The quantitative estimate of drug-likeness (QED) is 0.315. The molecule has 1 atom stereocenters. The minimum atomic E-state index is -0.446. The first-order chi connectivity index (χ1) is 17.1. The Balaban J connectivity index is 1.26. The van der Waals surface area contributed by atoms with Gasteiger partial charge < -0.3 is 15.2 Å². The van der Waals surface area contributed by atoms with Gasteiger partial charge >= 0.3 is 0 Å². The molecule has 6 rings (SSSR count). The summed E-state index contributed by atoms with van der Waals surface area (Å²) in [6.45, 7) is 1.28. The van der Waals surface area contributed by atoms with Gasteiger partial charge in [0.05, 0.1) is 27.7 Å². The summed E-state index contributed by atoms with van der Waals surface area (Å²) in [5, 5.41) is 7.78. The van der Waals surface area contributed by atoms with E-state index in [1.54, 1.807) is 17.7 Å². The molecule has 1 saturated heterocycles. The van der Waals surface area contributed by atoms with E-state index in [0.29, 0.717) is 5.56 Å². The van der Waals surface area contributed by atoms with Crippen molar-refractivity contribution in [2.45, 2.75) is 25.4 Å². The molecule has 3 aromatic heterocycles. The molecule has 2 aromatic carbocycles. The zero-order valence-corrected chi connectivity index (χ0v) is 19.5. The van der Waals surface area contributed by atoms with E-state index >= 15 is 0 Å². The number of nitrogens with zero attached hydrogens (tertiary/aromatic N) is 3. The van der Waals surface area contributed by atoms with Gasteiger partial charge in [-0.25, -0.2) is 18.7 Å². The summed E-state index contributed by atoms with van der Waals surface area (Å²) in [4.78, 5) is 9.83. The topological polar surface area (TPSA) is 54.8 Å². The smallest absolute Gasteiger partial charge is 0.151 e. The number of aromatic nitrogens is 3. The molecule has 1 fully saturated rings. The molecule has 1 aliphatic rings. The van der Waals surface area contributed by atoms with E-state index in [4.69, 9.17) is 0 Å². The van der Waals surface area contributed by atoms with E-state index in [1.807, 2.05) is 41.1 Å². The maximum absolute atomic E-state index is 14.1. The summed E-state index contributed by atoms with van der Waals surface area (Å²) in [7, 11) is 0. The summed E-state index contributed by atoms with van der Waals surface area (Å²) < 4.78 is 30.5. The van der Waals surface area contributed by atoms with Gasteiger partial charge in [-0.05, 0) is 67.9 Å². The lowest BCUT2D eigenvalue weighted by Crippen LogP contribution is -2.18. The van der Waals surface area contributed by atoms with Crippen molar-refractivity contribution < 1.29 is 8.78 Å². The Kier molecular flexibility index (Phi) is 5.64. The van der Waals surface area contributed by atoms with Crippen LogP contribution in [0.2, 0.25) is 0 Å². The predicted octanol–water partition coefficient (Wildman–Crippen LogP) is 5.82. The van der Waals surface area contributed by atoms with Crippen LogP contribution < -0.4 is 10.6 Å². The zero-order valence-electron chi connectivity index (χ0n) is 18.7. The SMILES string of the molecule is Fc1ccc(F)c(Cn2ccc3cc(Nc4ncnc5cc(C#C[C@H]6CCCN6)sc45)ccc32)c1. The van der Waals surface area contributed by atoms with Crippen molar-refractivity contribution in [1.82, 2.24) is 19.9 Å². The third-order valence-corrected chi connectivity index (χ3v) is 7.17. The molecule has 8 heteroatoms. The molecule has 0 saturated carbocycles. The molecule has 1 aliphatic heterocycles. The van der Waals surface area contributed by atoms with Crippen LogP contribution in [-0.4, -0.2) is 27.1 Å². The summed E-state index contributed by atoms with van der Waals surface area (Å²) in [5.41, 5.74) is 2.98. The van der Waals surface area contributed by atoms with Crippen LogP contribution in [0.15, 0.2) is 61.1 Å². The number of thiophene rings is 1. The minimum Gasteiger partial charge on any atom is -0.343 e. The first kappa shape index (κ1) is 21.7. The highest BCUT2D eigenvalue weighted by Crippen LogP contribution is 2.31. The molecular formula is C27H21F2N5S. The highest BCUT2D eigenvalue weighted by molar-refractivity contribution is 7.20. The standard InChI is InChI=1S/C27H21F2N5S/c28-19-3-7-23(29)18(12-19)15-34-11-9-17-13-21(5-8-25(17)34)33-27-26-24(31-16-32-27)14-22(35-26)6-4-20-2-1-10-30-20/h3,5,7-9,11-14,16,20,30H,1-2,10,15H2,(H,31,32,33)/t20-/m1/s1. The number of benzene rings is 2. The molecule has 0 bridgehead atoms. The second kappa shape index (κ2) is 9.10. The van der Waals surface area contributed by atoms with Crippen LogP contribution in [-0.2, 0) is 6.54 Å². The average Bonchev–Trinajstić information content (AvgIpc) is 3.60. The average molecular weight is 486 g/mol. The number of hydrogen-bond acceptors (Lipinski definition) is 5. The van der Waals surface area contributed by atoms with Gasteiger partial charge in [-0.2, -0.15) is 0 Å². The van der Waals surface area contributed by atoms with Gasteiger partial charge in [0.2, 0.25) is 0 Å². The number of halogens is 2. The highest BCUT2D eigenvalue weighted by atomic mass is 32.1. The molecular weight excluding hydrogens is 464 g/mol. The Labute approximate surface area is 204 Å². The lowest BCUT2D eigenvalue weighted by atomic mass is 10.2. The molecule has 0 aliphatic carbocycles. The van der Waals surface area contributed by atoms with Crippen molar-refractivity contribution >= 4 is 44.0 Å². The lowest BCUT2D eigenvalue weighted by Gasteiger charge is -2.09. The first-order valence-corrected chi connectivity index (χ1v) is 12.2. The van der Waals surface area contributed by atoms with E-state index in [1.165, 1.54) is 12.5 Å². The van der Waals surface area contributed by atoms with Gasteiger partial charge in [-0.3, -0.25) is 0 Å². The Morgan fingerprint density at radius 2 is 2.06 bits per heavy atom. The van der Waals surface area contributed by atoms with Crippen molar-refractivity contribution in [3.63, 3.8) is 0 Å². The van der Waals surface area contributed by atoms with Crippen LogP contribution in [0.4, 0.5) is 20.3 Å². The van der Waals surface area contributed by atoms with E-state index < -0.39 is 11.6 Å². The van der Waals surface area contributed by atoms with Crippen molar-refractivity contribution in [2.24, 2.45) is 0 Å². The molecule has 0 radical (unpaired) electrons. The number of hydrogen-bond donors (Lipinski definition) is 2. The van der Waals surface area contributed by atoms with Gasteiger partial charge in [0.1, 0.15) is 18.0 Å². The number of anilines is 2. The molecule has 35 heavy (non-hydrogen) atoms. The fourth-order valence-electron chi connectivity index (χ4n) is 4.37. The number of rotatable bonds is 4. The van der Waals surface area contributed by atoms with Gasteiger partial charge in [-0.15, -0.1) is 11.3 Å². The van der Waals surface area contributed by atoms with Gasteiger partial charge in [0.15, 0.2) is 5.82 Å². The Morgan fingerprint density at radius 1 is 1.11 bits per heavy atom. The summed E-state index contributed by atoms with van der Waals surface area (Å²) in [5.74, 6) is 6.45. The van der Waals surface area contributed by atoms with Crippen LogP contribution in [0.5, 0.6) is 0 Å². The van der Waals surface area contributed by atoms with Crippen LogP contribution >= 0.6 is 11.3 Å². The molecule has 2 N–H and O–H groups in total. The van der Waals surface area contributed by atoms with Crippen LogP contribution in [0.3, 0.4) is 0 Å². The summed E-state index contributed by atoms with van der Waals surface area (Å²) in [6, 6.07) is 13.7. The van der Waals surface area contributed by atoms with Crippen LogP contribution in [0.25, 0.3) is 21.1 Å². The maximum Gasteiger partial charge on any atom is 0.151 e. The molecule has 5 aromatic rings. The first-order valence-electron chi connectivity index (χ1n) is 11.4. The van der Waals surface area contributed by atoms with E-state index in [2.05, 4.69) is 32.4 Å². The highest BCUT2D eigenvalue weighted by Gasteiger charge is 2.12. The molecule has 174 valence electrons. The largest absolute Gasteiger partial charge is 0.343 e. The molecule has 0 amide bonds. The fourth-order valence-corrected chi connectivity index (χ4v) is 5.29. The van der Waals surface area contributed by atoms with Crippen molar-refractivity contribution in [1.29, 1.82) is 0 Å². The van der Waals surface area contributed by atoms with E-state index in [0.717, 1.165) is 62.6 Å². The van der Waals surface area contributed by atoms with E-state index in [9.17, 15) is 8.78 Å². The monoisotopic (exact) mass is 485 g/mol. The Hall–Kier alpha value is -3.80. The third kappa shape index (κ3) is 4.48. The predicted molar refractivity (Wildman–Crippen MR) is 136 cm³/mol. The Morgan fingerprint density at radius 3 is 2.94 bits per heavy atom. The lowest BCUT2D eigenvalue weighted by molar-refractivity contribution is 0.579. The van der Waals surface area contributed by atoms with Crippen molar-refractivity contribution in [2.75, 3.05) is 11.9 Å². The second-order valence-corrected chi connectivity index (χ2v) is 9.60. The zero-order chi connectivity index (χ0) is 23.8. The summed E-state index contributed by atoms with van der Waals surface area (Å²) in [6.07, 6.45) is 5.69. The normalized spacial score (nSPS) is 15.4. The number of fused-ring (bicyclic) bond motifs is 2. The molecule has 0 unspecified atom stereocenters. The van der Waals surface area contributed by atoms with Crippen LogP contribution in [0.1, 0.15) is 23.3 Å². The Bertz CT molecular complexity index is 1600. The van der Waals surface area contributed by atoms with Gasteiger partial charge in [0.25, 0.3) is 0 Å². The van der Waals surface area contributed by atoms with Gasteiger partial charge in [-0.1, -0.05) is 11.8 Å². The van der Waals surface area contributed by atoms with Crippen LogP contribution in [0, 0.1) is 23.5 Å². The second-order valence-electron chi connectivity index (χ2n) is 8.54. The molecule has 0 spiro atoms. The fraction of sp³-hybridized carbons (Fsp3) is 0.185. The molecule has 5 nitrogen and oxygen atoms in total. The number of nitrogens with one attached hydrogen (secondary N) is 2. The minimum absolute atomic E-state index is 0.252. The summed E-state index contributed by atoms with van der Waals surface area (Å²) >= 11 is 1.58. The van der Waals surface area contributed by atoms with Gasteiger partial charge in [0, 0.05) is 28.4 Å². The van der Waals surface area contributed by atoms with Crippen molar-refractivity contribution in [3.05, 3.63) is 83.1 Å². The third-order valence-electron chi connectivity index (χ3n) is 6.12. The van der Waals surface area contributed by atoms with Crippen molar-refractivity contribution in [3.8, 4) is 11.8 Å².